The Morgan fingerprint density at radius 1 is 1.41 bits per heavy atom. The van der Waals surface area contributed by atoms with E-state index in [0.29, 0.717) is 11.3 Å². The number of carbonyl (C=O) groups is 1. The number of nitrogens with two attached hydrogens (primary N) is 1. The monoisotopic (exact) mass is 237 g/mol. The summed E-state index contributed by atoms with van der Waals surface area (Å²) >= 11 is 0. The average molecular weight is 237 g/mol. The minimum atomic E-state index is -0.658. The Kier molecular flexibility index (Phi) is 3.80. The highest BCUT2D eigenvalue weighted by atomic mass is 16.6. The zero-order valence-corrected chi connectivity index (χ0v) is 9.98. The zero-order valence-electron chi connectivity index (χ0n) is 9.98. The van der Waals surface area contributed by atoms with E-state index in [9.17, 15) is 14.9 Å². The summed E-state index contributed by atoms with van der Waals surface area (Å²) in [5.41, 5.74) is 7.15. The van der Waals surface area contributed by atoms with Crippen LogP contribution >= 0.6 is 0 Å². The van der Waals surface area contributed by atoms with Crippen molar-refractivity contribution in [3.8, 4) is 0 Å². The van der Waals surface area contributed by atoms with Crippen LogP contribution in [0.5, 0.6) is 0 Å². The van der Waals surface area contributed by atoms with Crippen LogP contribution < -0.4 is 11.1 Å². The first-order chi connectivity index (χ1) is 7.82. The second kappa shape index (κ2) is 4.92. The number of carbonyl (C=O) groups excluding carboxylic acids is 1. The van der Waals surface area contributed by atoms with Gasteiger partial charge in [0, 0.05) is 11.6 Å². The number of hydrogen-bond donors (Lipinski definition) is 2. The van der Waals surface area contributed by atoms with Crippen LogP contribution in [0.1, 0.15) is 18.1 Å². The lowest BCUT2D eigenvalue weighted by atomic mass is 10.1. The third kappa shape index (κ3) is 3.01. The number of benzene rings is 1. The molecule has 0 radical (unpaired) electrons. The molecule has 1 unspecified atom stereocenters. The van der Waals surface area contributed by atoms with E-state index in [1.807, 2.05) is 0 Å². The second-order valence-electron chi connectivity index (χ2n) is 3.99. The van der Waals surface area contributed by atoms with Crippen molar-refractivity contribution in [2.75, 3.05) is 5.32 Å². The topological polar surface area (TPSA) is 98.3 Å². The molecule has 3 N–H and O–H groups in total. The first-order valence-electron chi connectivity index (χ1n) is 5.15. The lowest BCUT2D eigenvalue weighted by Gasteiger charge is -2.11. The minimum absolute atomic E-state index is 0.0180. The van der Waals surface area contributed by atoms with E-state index in [0.717, 1.165) is 5.56 Å². The normalized spacial score (nSPS) is 12.0. The van der Waals surface area contributed by atoms with Gasteiger partial charge in [0.1, 0.15) is 0 Å². The molecule has 6 nitrogen and oxygen atoms in total. The molecule has 0 spiro atoms. The molecule has 0 heterocycles. The van der Waals surface area contributed by atoms with E-state index in [4.69, 9.17) is 5.73 Å². The maximum Gasteiger partial charge on any atom is 0.274 e. The molecular formula is C11H15N3O3. The van der Waals surface area contributed by atoms with Gasteiger partial charge in [-0.25, -0.2) is 0 Å². The van der Waals surface area contributed by atoms with Crippen LogP contribution in [0.4, 0.5) is 11.4 Å². The molecule has 1 aromatic rings. The van der Waals surface area contributed by atoms with Crippen molar-refractivity contribution >= 4 is 17.3 Å². The molecule has 1 atom stereocenters. The van der Waals surface area contributed by atoms with Gasteiger partial charge in [0.05, 0.1) is 16.7 Å². The van der Waals surface area contributed by atoms with Gasteiger partial charge in [0.25, 0.3) is 5.69 Å². The highest BCUT2D eigenvalue weighted by Crippen LogP contribution is 2.26. The molecule has 92 valence electrons. The highest BCUT2D eigenvalue weighted by molar-refractivity contribution is 5.95. The fourth-order valence-corrected chi connectivity index (χ4v) is 1.42. The van der Waals surface area contributed by atoms with Crippen molar-refractivity contribution in [2.45, 2.75) is 26.8 Å². The SMILES string of the molecule is Cc1cc(C)c([N+](=O)[O-])cc1NC(=O)C(C)N. The van der Waals surface area contributed by atoms with Crippen LogP contribution in [0, 0.1) is 24.0 Å². The molecular weight excluding hydrogens is 222 g/mol. The summed E-state index contributed by atoms with van der Waals surface area (Å²) in [5.74, 6) is -0.369. The Morgan fingerprint density at radius 3 is 2.47 bits per heavy atom. The summed E-state index contributed by atoms with van der Waals surface area (Å²) < 4.78 is 0. The Morgan fingerprint density at radius 2 is 2.00 bits per heavy atom. The van der Waals surface area contributed by atoms with Crippen molar-refractivity contribution in [3.63, 3.8) is 0 Å². The maximum absolute atomic E-state index is 11.4. The Labute approximate surface area is 99.0 Å². The van der Waals surface area contributed by atoms with E-state index in [1.165, 1.54) is 6.07 Å². The van der Waals surface area contributed by atoms with Gasteiger partial charge in [-0.2, -0.15) is 0 Å². The van der Waals surface area contributed by atoms with Crippen LogP contribution in [0.15, 0.2) is 12.1 Å². The molecule has 0 aliphatic rings. The van der Waals surface area contributed by atoms with Crippen LogP contribution in [0.3, 0.4) is 0 Å². The van der Waals surface area contributed by atoms with Gasteiger partial charge in [0.15, 0.2) is 0 Å². The number of nitro groups is 1. The minimum Gasteiger partial charge on any atom is -0.324 e. The van der Waals surface area contributed by atoms with Crippen LogP contribution in [0.2, 0.25) is 0 Å². The largest absolute Gasteiger partial charge is 0.324 e. The third-order valence-corrected chi connectivity index (χ3v) is 2.41. The number of nitrogens with one attached hydrogen (secondary N) is 1. The summed E-state index contributed by atoms with van der Waals surface area (Å²) in [6.07, 6.45) is 0. The fourth-order valence-electron chi connectivity index (χ4n) is 1.42. The van der Waals surface area contributed by atoms with Crippen LogP contribution in [0.25, 0.3) is 0 Å². The Bertz CT molecular complexity index is 469. The molecule has 1 amide bonds. The van der Waals surface area contributed by atoms with Crippen molar-refractivity contribution in [1.82, 2.24) is 0 Å². The van der Waals surface area contributed by atoms with Crippen LogP contribution in [-0.2, 0) is 4.79 Å². The van der Waals surface area contributed by atoms with E-state index in [1.54, 1.807) is 26.8 Å². The van der Waals surface area contributed by atoms with Crippen molar-refractivity contribution in [2.24, 2.45) is 5.73 Å². The molecule has 1 rings (SSSR count). The molecule has 0 aromatic heterocycles. The third-order valence-electron chi connectivity index (χ3n) is 2.41. The number of aryl methyl sites for hydroxylation is 2. The summed E-state index contributed by atoms with van der Waals surface area (Å²) in [6.45, 7) is 4.98. The lowest BCUT2D eigenvalue weighted by molar-refractivity contribution is -0.385. The summed E-state index contributed by atoms with van der Waals surface area (Å²) in [5, 5.41) is 13.3. The van der Waals surface area contributed by atoms with Gasteiger partial charge in [-0.05, 0) is 32.4 Å². The van der Waals surface area contributed by atoms with E-state index >= 15 is 0 Å². The average Bonchev–Trinajstić information content (AvgIpc) is 2.21. The quantitative estimate of drug-likeness (QED) is 0.614. The lowest BCUT2D eigenvalue weighted by Crippen LogP contribution is -2.32. The highest BCUT2D eigenvalue weighted by Gasteiger charge is 2.16. The molecule has 6 heteroatoms. The van der Waals surface area contributed by atoms with Gasteiger partial charge in [-0.3, -0.25) is 14.9 Å². The molecule has 17 heavy (non-hydrogen) atoms. The summed E-state index contributed by atoms with van der Waals surface area (Å²) in [4.78, 5) is 21.7. The number of nitrogens with zero attached hydrogens (tertiary/aromatic N) is 1. The van der Waals surface area contributed by atoms with Crippen LogP contribution in [-0.4, -0.2) is 16.9 Å². The maximum atomic E-state index is 11.4. The van der Waals surface area contributed by atoms with Crippen molar-refractivity contribution in [1.29, 1.82) is 0 Å². The van der Waals surface area contributed by atoms with Gasteiger partial charge in [-0.1, -0.05) is 0 Å². The predicted octanol–water partition coefficient (Wildman–Crippen LogP) is 1.50. The van der Waals surface area contributed by atoms with Gasteiger partial charge in [-0.15, -0.1) is 0 Å². The molecule has 0 saturated heterocycles. The molecule has 0 aliphatic carbocycles. The molecule has 0 bridgehead atoms. The molecule has 0 saturated carbocycles. The first-order valence-corrected chi connectivity index (χ1v) is 5.15. The summed E-state index contributed by atoms with van der Waals surface area (Å²) in [6, 6.07) is 2.36. The number of amides is 1. The van der Waals surface area contributed by atoms with Crippen molar-refractivity contribution in [3.05, 3.63) is 33.4 Å². The van der Waals surface area contributed by atoms with Crippen molar-refractivity contribution < 1.29 is 9.72 Å². The van der Waals surface area contributed by atoms with Gasteiger partial charge < -0.3 is 11.1 Å². The number of anilines is 1. The molecule has 0 aliphatic heterocycles. The predicted molar refractivity (Wildman–Crippen MR) is 64.8 cm³/mol. The standard InChI is InChI=1S/C11H15N3O3/c1-6-4-7(2)10(14(16)17)5-9(6)13-11(15)8(3)12/h4-5,8H,12H2,1-3H3,(H,13,15). The smallest absolute Gasteiger partial charge is 0.274 e. The van der Waals surface area contributed by atoms with E-state index in [-0.39, 0.29) is 11.6 Å². The van der Waals surface area contributed by atoms with E-state index in [2.05, 4.69) is 5.32 Å². The first kappa shape index (κ1) is 13.1. The Hall–Kier alpha value is -1.95. The molecule has 1 aromatic carbocycles. The van der Waals surface area contributed by atoms with Gasteiger partial charge in [0.2, 0.25) is 5.91 Å². The summed E-state index contributed by atoms with van der Waals surface area (Å²) in [7, 11) is 0. The van der Waals surface area contributed by atoms with E-state index < -0.39 is 11.0 Å². The zero-order chi connectivity index (χ0) is 13.2. The Balaban J connectivity index is 3.12. The number of nitro benzene ring substituents is 1. The second-order valence-corrected chi connectivity index (χ2v) is 3.99. The molecule has 0 fully saturated rings. The fraction of sp³-hybridized carbons (Fsp3) is 0.364. The number of rotatable bonds is 3. The number of hydrogen-bond acceptors (Lipinski definition) is 4. The van der Waals surface area contributed by atoms with Gasteiger partial charge >= 0.3 is 0 Å².